The molecule has 1 N–H and O–H groups in total. The quantitative estimate of drug-likeness (QED) is 0.686. The van der Waals surface area contributed by atoms with Crippen LogP contribution in [-0.2, 0) is 19.6 Å². The van der Waals surface area contributed by atoms with Crippen LogP contribution >= 0.6 is 15.9 Å². The lowest BCUT2D eigenvalue weighted by atomic mass is 9.99. The normalized spacial score (nSPS) is 19.2. The predicted octanol–water partition coefficient (Wildman–Crippen LogP) is 2.00. The number of halogens is 1. The average Bonchev–Trinajstić information content (AvgIpc) is 2.58. The number of amides is 1. The highest BCUT2D eigenvalue weighted by Gasteiger charge is 2.33. The van der Waals surface area contributed by atoms with Gasteiger partial charge in [0, 0.05) is 37.8 Å². The lowest BCUT2D eigenvalue weighted by molar-refractivity contribution is -0.126. The molecule has 1 saturated heterocycles. The highest BCUT2D eigenvalue weighted by Crippen LogP contribution is 2.25. The van der Waals surface area contributed by atoms with Crippen molar-refractivity contribution in [1.29, 1.82) is 0 Å². The molecule has 134 valence electrons. The van der Waals surface area contributed by atoms with Gasteiger partial charge in [-0.05, 0) is 37.5 Å². The fraction of sp³-hybridized carbons (Fsp3) is 0.562. The highest BCUT2D eigenvalue weighted by molar-refractivity contribution is 9.10. The van der Waals surface area contributed by atoms with E-state index < -0.39 is 10.0 Å². The molecule has 1 heterocycles. The van der Waals surface area contributed by atoms with E-state index >= 15 is 0 Å². The third-order valence-corrected chi connectivity index (χ3v) is 6.37. The first kappa shape index (κ1) is 19.4. The maximum atomic E-state index is 12.8. The molecule has 0 spiro atoms. The summed E-state index contributed by atoms with van der Waals surface area (Å²) in [5.74, 6) is -0.386. The molecule has 0 aliphatic carbocycles. The Bertz CT molecular complexity index is 666. The predicted molar refractivity (Wildman–Crippen MR) is 95.1 cm³/mol. The summed E-state index contributed by atoms with van der Waals surface area (Å²) in [5.41, 5.74) is 0. The smallest absolute Gasteiger partial charge is 0.243 e. The van der Waals surface area contributed by atoms with Gasteiger partial charge >= 0.3 is 0 Å². The topological polar surface area (TPSA) is 75.7 Å². The second-order valence-corrected chi connectivity index (χ2v) is 8.65. The number of hydrogen-bond donors (Lipinski definition) is 1. The molecule has 1 unspecified atom stereocenters. The van der Waals surface area contributed by atoms with E-state index in [1.807, 2.05) is 0 Å². The number of carbonyl (C=O) groups excluding carboxylic acids is 1. The molecular formula is C16H23BrN2O4S. The number of benzene rings is 1. The van der Waals surface area contributed by atoms with E-state index in [0.29, 0.717) is 37.0 Å². The van der Waals surface area contributed by atoms with Gasteiger partial charge in [-0.15, -0.1) is 0 Å². The minimum absolute atomic E-state index is 0.0831. The minimum atomic E-state index is -3.58. The SMILES string of the molecule is COCCCNC(=O)C1CCCN(S(=O)(=O)c2cccc(Br)c2)C1. The van der Waals surface area contributed by atoms with Gasteiger partial charge < -0.3 is 10.1 Å². The number of nitrogens with zero attached hydrogens (tertiary/aromatic N) is 1. The van der Waals surface area contributed by atoms with Crippen molar-refractivity contribution in [2.75, 3.05) is 33.4 Å². The van der Waals surface area contributed by atoms with Crippen molar-refractivity contribution in [2.45, 2.75) is 24.2 Å². The van der Waals surface area contributed by atoms with E-state index in [4.69, 9.17) is 4.74 Å². The molecule has 1 aliphatic rings. The Hall–Kier alpha value is -0.960. The van der Waals surface area contributed by atoms with E-state index in [1.54, 1.807) is 31.4 Å². The van der Waals surface area contributed by atoms with Gasteiger partial charge in [0.15, 0.2) is 0 Å². The van der Waals surface area contributed by atoms with Crippen molar-refractivity contribution in [3.05, 3.63) is 28.7 Å². The van der Waals surface area contributed by atoms with Crippen molar-refractivity contribution >= 4 is 31.9 Å². The summed E-state index contributed by atoms with van der Waals surface area (Å²) in [5, 5.41) is 2.86. The zero-order valence-corrected chi connectivity index (χ0v) is 16.1. The molecule has 6 nitrogen and oxygen atoms in total. The van der Waals surface area contributed by atoms with Gasteiger partial charge in [-0.2, -0.15) is 4.31 Å². The molecule has 0 saturated carbocycles. The molecule has 0 bridgehead atoms. The van der Waals surface area contributed by atoms with E-state index in [1.165, 1.54) is 4.31 Å². The number of methoxy groups -OCH3 is 1. The molecular weight excluding hydrogens is 396 g/mol. The zero-order chi connectivity index (χ0) is 17.6. The Labute approximate surface area is 151 Å². The first-order valence-corrected chi connectivity index (χ1v) is 10.2. The second-order valence-electron chi connectivity index (χ2n) is 5.80. The standard InChI is InChI=1S/C16H23BrN2O4S/c1-23-10-4-8-18-16(20)13-5-3-9-19(12-13)24(21,22)15-7-2-6-14(17)11-15/h2,6-7,11,13H,3-5,8-10,12H2,1H3,(H,18,20). The Morgan fingerprint density at radius 1 is 1.46 bits per heavy atom. The van der Waals surface area contributed by atoms with Gasteiger partial charge in [0.05, 0.1) is 10.8 Å². The number of nitrogens with one attached hydrogen (secondary N) is 1. The summed E-state index contributed by atoms with van der Waals surface area (Å²) in [4.78, 5) is 12.5. The molecule has 8 heteroatoms. The van der Waals surface area contributed by atoms with Gasteiger partial charge in [-0.3, -0.25) is 4.79 Å². The number of ether oxygens (including phenoxy) is 1. The number of rotatable bonds is 7. The van der Waals surface area contributed by atoms with Crippen LogP contribution in [0.4, 0.5) is 0 Å². The van der Waals surface area contributed by atoms with Crippen LogP contribution in [0.5, 0.6) is 0 Å². The molecule has 1 amide bonds. The van der Waals surface area contributed by atoms with Crippen LogP contribution in [-0.4, -0.2) is 52.0 Å². The highest BCUT2D eigenvalue weighted by atomic mass is 79.9. The molecule has 1 atom stereocenters. The number of piperidine rings is 1. The molecule has 1 aromatic rings. The molecule has 2 rings (SSSR count). The van der Waals surface area contributed by atoms with Crippen molar-refractivity contribution in [3.63, 3.8) is 0 Å². The number of hydrogen-bond acceptors (Lipinski definition) is 4. The Morgan fingerprint density at radius 3 is 2.96 bits per heavy atom. The van der Waals surface area contributed by atoms with Crippen LogP contribution in [0.2, 0.25) is 0 Å². The summed E-state index contributed by atoms with van der Waals surface area (Å²) in [6, 6.07) is 6.64. The van der Waals surface area contributed by atoms with Gasteiger partial charge in [0.25, 0.3) is 0 Å². The van der Waals surface area contributed by atoms with Crippen molar-refractivity contribution in [1.82, 2.24) is 9.62 Å². The van der Waals surface area contributed by atoms with Gasteiger partial charge in [0.2, 0.25) is 15.9 Å². The first-order valence-electron chi connectivity index (χ1n) is 7.97. The molecule has 1 fully saturated rings. The summed E-state index contributed by atoms with van der Waals surface area (Å²) >= 11 is 3.30. The van der Waals surface area contributed by atoms with E-state index in [0.717, 1.165) is 6.42 Å². The average molecular weight is 419 g/mol. The maximum absolute atomic E-state index is 12.8. The largest absolute Gasteiger partial charge is 0.385 e. The maximum Gasteiger partial charge on any atom is 0.243 e. The first-order chi connectivity index (χ1) is 11.4. The summed E-state index contributed by atoms with van der Waals surface area (Å²) in [6.45, 7) is 1.81. The fourth-order valence-electron chi connectivity index (χ4n) is 2.72. The summed E-state index contributed by atoms with van der Waals surface area (Å²) < 4.78 is 32.6. The summed E-state index contributed by atoms with van der Waals surface area (Å²) in [6.07, 6.45) is 2.14. The molecule has 24 heavy (non-hydrogen) atoms. The van der Waals surface area contributed by atoms with Crippen molar-refractivity contribution in [2.24, 2.45) is 5.92 Å². The third-order valence-electron chi connectivity index (χ3n) is 4.01. The fourth-order valence-corrected chi connectivity index (χ4v) is 4.84. The lowest BCUT2D eigenvalue weighted by Gasteiger charge is -2.31. The van der Waals surface area contributed by atoms with Crippen molar-refractivity contribution < 1.29 is 17.9 Å². The molecule has 1 aromatic carbocycles. The van der Waals surface area contributed by atoms with E-state index in [2.05, 4.69) is 21.2 Å². The van der Waals surface area contributed by atoms with Gasteiger partial charge in [-0.25, -0.2) is 8.42 Å². The summed E-state index contributed by atoms with van der Waals surface area (Å²) in [7, 11) is -1.96. The Morgan fingerprint density at radius 2 is 2.25 bits per heavy atom. The van der Waals surface area contributed by atoms with Crippen LogP contribution < -0.4 is 5.32 Å². The Balaban J connectivity index is 2.00. The van der Waals surface area contributed by atoms with Crippen molar-refractivity contribution in [3.8, 4) is 0 Å². The van der Waals surface area contributed by atoms with Crippen LogP contribution in [0.15, 0.2) is 33.6 Å². The van der Waals surface area contributed by atoms with Gasteiger partial charge in [-0.1, -0.05) is 22.0 Å². The van der Waals surface area contributed by atoms with Crippen LogP contribution in [0.1, 0.15) is 19.3 Å². The van der Waals surface area contributed by atoms with Crippen LogP contribution in [0, 0.1) is 5.92 Å². The third kappa shape index (κ3) is 5.02. The van der Waals surface area contributed by atoms with E-state index in [-0.39, 0.29) is 23.3 Å². The molecule has 0 radical (unpaired) electrons. The van der Waals surface area contributed by atoms with Crippen LogP contribution in [0.3, 0.4) is 0 Å². The van der Waals surface area contributed by atoms with E-state index in [9.17, 15) is 13.2 Å². The van der Waals surface area contributed by atoms with Crippen LogP contribution in [0.25, 0.3) is 0 Å². The van der Waals surface area contributed by atoms with Gasteiger partial charge in [0.1, 0.15) is 0 Å². The second kappa shape index (κ2) is 8.94. The Kier molecular flexibility index (Phi) is 7.21. The molecule has 1 aliphatic heterocycles. The number of sulfonamides is 1. The minimum Gasteiger partial charge on any atom is -0.385 e. The molecule has 0 aromatic heterocycles. The monoisotopic (exact) mass is 418 g/mol. The lowest BCUT2D eigenvalue weighted by Crippen LogP contribution is -2.45. The zero-order valence-electron chi connectivity index (χ0n) is 13.7. The number of carbonyl (C=O) groups is 1.